The Kier molecular flexibility index (Phi) is 2.48. The van der Waals surface area contributed by atoms with E-state index in [0.717, 1.165) is 10.1 Å². The third-order valence-electron chi connectivity index (χ3n) is 1.81. The van der Waals surface area contributed by atoms with Gasteiger partial charge in [-0.05, 0) is 12.1 Å². The van der Waals surface area contributed by atoms with Crippen LogP contribution in [0, 0.1) is 0 Å². The van der Waals surface area contributed by atoms with Crippen LogP contribution in [0.4, 0.5) is 0 Å². The highest BCUT2D eigenvalue weighted by Gasteiger charge is 2.19. The van der Waals surface area contributed by atoms with Crippen LogP contribution in [-0.2, 0) is 4.57 Å². The minimum absolute atomic E-state index is 0.111. The predicted molar refractivity (Wildman–Crippen MR) is 55.6 cm³/mol. The molecule has 0 aliphatic carbocycles. The third kappa shape index (κ3) is 2.16. The first-order valence-corrected chi connectivity index (χ1v) is 5.90. The van der Waals surface area contributed by atoms with Crippen LogP contribution in [0.15, 0.2) is 30.3 Å². The van der Waals surface area contributed by atoms with Crippen molar-refractivity contribution in [2.24, 2.45) is 0 Å². The Labute approximate surface area is 90.0 Å². The van der Waals surface area contributed by atoms with Gasteiger partial charge in [-0.1, -0.05) is 29.8 Å². The first kappa shape index (κ1) is 10.5. The number of halogens is 1. The number of nitrogens with zero attached hydrogens (tertiary/aromatic N) is 1. The number of benzene rings is 1. The maximum Gasteiger partial charge on any atom is 0.543 e. The first-order chi connectivity index (χ1) is 6.97. The van der Waals surface area contributed by atoms with Crippen LogP contribution >= 0.6 is 19.4 Å². The van der Waals surface area contributed by atoms with Gasteiger partial charge in [-0.15, -0.1) is 0 Å². The van der Waals surface area contributed by atoms with Gasteiger partial charge >= 0.3 is 7.82 Å². The SMILES string of the molecule is O=P(O)(O)On1c(Cl)cc2ccccc21. The van der Waals surface area contributed by atoms with E-state index < -0.39 is 7.82 Å². The largest absolute Gasteiger partial charge is 0.543 e. The fraction of sp³-hybridized carbons (Fsp3) is 0. The second-order valence-corrected chi connectivity index (χ2v) is 4.42. The molecule has 1 aromatic heterocycles. The Morgan fingerprint density at radius 3 is 2.67 bits per heavy atom. The molecule has 15 heavy (non-hydrogen) atoms. The van der Waals surface area contributed by atoms with Crippen LogP contribution in [0.5, 0.6) is 0 Å². The molecule has 0 radical (unpaired) electrons. The van der Waals surface area contributed by atoms with Crippen LogP contribution in [0.3, 0.4) is 0 Å². The van der Waals surface area contributed by atoms with Crippen molar-refractivity contribution in [2.75, 3.05) is 0 Å². The van der Waals surface area contributed by atoms with Crippen LogP contribution in [0.1, 0.15) is 0 Å². The lowest BCUT2D eigenvalue weighted by molar-refractivity contribution is 0.186. The summed E-state index contributed by atoms with van der Waals surface area (Å²) >= 11 is 5.77. The molecule has 1 aromatic carbocycles. The van der Waals surface area contributed by atoms with Crippen molar-refractivity contribution in [2.45, 2.75) is 0 Å². The summed E-state index contributed by atoms with van der Waals surface area (Å²) in [5, 5.41) is 0.857. The molecule has 0 saturated carbocycles. The van der Waals surface area contributed by atoms with E-state index in [-0.39, 0.29) is 5.15 Å². The molecule has 0 spiro atoms. The van der Waals surface area contributed by atoms with Gasteiger partial charge in [0.2, 0.25) is 0 Å². The lowest BCUT2D eigenvalue weighted by Gasteiger charge is -2.08. The number of phosphoric acid groups is 1. The second-order valence-electron chi connectivity index (χ2n) is 2.89. The van der Waals surface area contributed by atoms with Gasteiger partial charge in [0.1, 0.15) is 5.15 Å². The number of hydrogen-bond acceptors (Lipinski definition) is 2. The molecule has 2 rings (SSSR count). The van der Waals surface area contributed by atoms with Crippen molar-refractivity contribution >= 4 is 30.3 Å². The Balaban J connectivity index is 2.59. The lowest BCUT2D eigenvalue weighted by Crippen LogP contribution is -2.07. The second kappa shape index (κ2) is 3.54. The van der Waals surface area contributed by atoms with E-state index in [1.165, 1.54) is 0 Å². The van der Waals surface area contributed by atoms with Gasteiger partial charge in [-0.3, -0.25) is 9.79 Å². The summed E-state index contributed by atoms with van der Waals surface area (Å²) in [4.78, 5) is 17.4. The van der Waals surface area contributed by atoms with Gasteiger partial charge in [-0.2, -0.15) is 4.73 Å². The molecule has 5 nitrogen and oxygen atoms in total. The van der Waals surface area contributed by atoms with Gasteiger partial charge in [0, 0.05) is 5.39 Å². The zero-order chi connectivity index (χ0) is 11.1. The van der Waals surface area contributed by atoms with Crippen LogP contribution < -0.4 is 4.62 Å². The molecule has 2 aromatic rings. The quantitative estimate of drug-likeness (QED) is 0.794. The van der Waals surface area contributed by atoms with Gasteiger partial charge in [0.05, 0.1) is 5.52 Å². The Bertz CT molecular complexity index is 547. The first-order valence-electron chi connectivity index (χ1n) is 3.99. The van der Waals surface area contributed by atoms with Crippen molar-refractivity contribution < 1.29 is 19.0 Å². The minimum Gasteiger partial charge on any atom is -0.310 e. The Hall–Kier alpha value is -1.00. The molecule has 80 valence electrons. The zero-order valence-electron chi connectivity index (χ0n) is 7.37. The number of rotatable bonds is 2. The lowest BCUT2D eigenvalue weighted by atomic mass is 10.3. The predicted octanol–water partition coefficient (Wildman–Crippen LogP) is 1.82. The summed E-state index contributed by atoms with van der Waals surface area (Å²) in [5.41, 5.74) is 0.505. The summed E-state index contributed by atoms with van der Waals surface area (Å²) in [7, 11) is -4.61. The molecule has 0 unspecified atom stereocenters. The average molecular weight is 248 g/mol. The van der Waals surface area contributed by atoms with Gasteiger partial charge in [-0.25, -0.2) is 4.57 Å². The Morgan fingerprint density at radius 1 is 1.33 bits per heavy atom. The maximum atomic E-state index is 10.7. The van der Waals surface area contributed by atoms with Crippen LogP contribution in [0.25, 0.3) is 10.9 Å². The molecular weight excluding hydrogens is 241 g/mol. The average Bonchev–Trinajstić information content (AvgIpc) is 2.41. The van der Waals surface area contributed by atoms with E-state index in [9.17, 15) is 4.57 Å². The maximum absolute atomic E-state index is 10.7. The van der Waals surface area contributed by atoms with Crippen molar-refractivity contribution in [3.05, 3.63) is 35.5 Å². The van der Waals surface area contributed by atoms with Crippen molar-refractivity contribution in [3.63, 3.8) is 0 Å². The van der Waals surface area contributed by atoms with Gasteiger partial charge < -0.3 is 4.62 Å². The highest BCUT2D eigenvalue weighted by Crippen LogP contribution is 2.34. The smallest absolute Gasteiger partial charge is 0.310 e. The van der Waals surface area contributed by atoms with Crippen LogP contribution in [-0.4, -0.2) is 14.5 Å². The van der Waals surface area contributed by atoms with Crippen molar-refractivity contribution in [1.29, 1.82) is 0 Å². The van der Waals surface area contributed by atoms with Crippen LogP contribution in [0.2, 0.25) is 5.15 Å². The summed E-state index contributed by atoms with van der Waals surface area (Å²) in [6.45, 7) is 0. The molecule has 7 heteroatoms. The zero-order valence-corrected chi connectivity index (χ0v) is 9.02. The molecule has 1 heterocycles. The monoisotopic (exact) mass is 247 g/mol. The summed E-state index contributed by atoms with van der Waals surface area (Å²) in [5.74, 6) is 0. The molecule has 0 saturated heterocycles. The number of fused-ring (bicyclic) bond motifs is 1. The van der Waals surface area contributed by atoms with Gasteiger partial charge in [0.15, 0.2) is 0 Å². The van der Waals surface area contributed by atoms with Crippen molar-refractivity contribution in [1.82, 2.24) is 4.73 Å². The molecule has 0 fully saturated rings. The van der Waals surface area contributed by atoms with E-state index in [1.54, 1.807) is 30.3 Å². The Morgan fingerprint density at radius 2 is 2.00 bits per heavy atom. The molecule has 0 bridgehead atoms. The summed E-state index contributed by atoms with van der Waals surface area (Å²) < 4.78 is 16.0. The highest BCUT2D eigenvalue weighted by atomic mass is 35.5. The minimum atomic E-state index is -4.61. The van der Waals surface area contributed by atoms with E-state index in [4.69, 9.17) is 21.4 Å². The summed E-state index contributed by atoms with van der Waals surface area (Å²) in [6.07, 6.45) is 0. The number of hydrogen-bond donors (Lipinski definition) is 2. The highest BCUT2D eigenvalue weighted by molar-refractivity contribution is 7.46. The molecule has 2 N–H and O–H groups in total. The third-order valence-corrected chi connectivity index (χ3v) is 2.45. The molecule has 0 amide bonds. The normalized spacial score (nSPS) is 11.9. The molecule has 0 aliphatic rings. The van der Waals surface area contributed by atoms with Crippen molar-refractivity contribution in [3.8, 4) is 0 Å². The molecule has 0 atom stereocenters. The fourth-order valence-electron chi connectivity index (χ4n) is 1.29. The molecular formula is C8H7ClNO4P. The van der Waals surface area contributed by atoms with E-state index in [1.807, 2.05) is 0 Å². The van der Waals surface area contributed by atoms with E-state index >= 15 is 0 Å². The molecule has 0 aliphatic heterocycles. The standard InChI is InChI=1S/C8H7ClNO4P/c9-8-5-6-3-1-2-4-7(6)10(8)14-15(11,12)13/h1-5H,(H2,11,12,13). The van der Waals surface area contributed by atoms with Gasteiger partial charge in [0.25, 0.3) is 0 Å². The van der Waals surface area contributed by atoms with E-state index in [2.05, 4.69) is 4.62 Å². The number of aromatic nitrogens is 1. The fourth-order valence-corrected chi connectivity index (χ4v) is 1.97. The summed E-state index contributed by atoms with van der Waals surface area (Å²) in [6, 6.07) is 8.49. The number of para-hydroxylation sites is 1. The topological polar surface area (TPSA) is 71.7 Å². The van der Waals surface area contributed by atoms with E-state index in [0.29, 0.717) is 5.52 Å².